The van der Waals surface area contributed by atoms with Crippen LogP contribution in [-0.2, 0) is 7.05 Å². The molecule has 0 bridgehead atoms. The van der Waals surface area contributed by atoms with E-state index in [1.165, 1.54) is 0 Å². The van der Waals surface area contributed by atoms with Gasteiger partial charge in [-0.3, -0.25) is 0 Å². The van der Waals surface area contributed by atoms with E-state index in [1.54, 1.807) is 0 Å². The molecule has 26 heavy (non-hydrogen) atoms. The van der Waals surface area contributed by atoms with Crippen molar-refractivity contribution in [3.05, 3.63) is 76.9 Å². The minimum atomic E-state index is -0.396. The third kappa shape index (κ3) is 3.74. The summed E-state index contributed by atoms with van der Waals surface area (Å²) in [5.41, 5.74) is 3.84. The summed E-state index contributed by atoms with van der Waals surface area (Å²) >= 11 is 0. The van der Waals surface area contributed by atoms with Crippen LogP contribution in [0.1, 0.15) is 34.4 Å². The molecule has 1 aromatic heterocycles. The molecule has 3 aromatic rings. The molecule has 0 aliphatic rings. The summed E-state index contributed by atoms with van der Waals surface area (Å²) in [5.74, 6) is 1.47. The van der Waals surface area contributed by atoms with Gasteiger partial charge in [0.2, 0.25) is 0 Å². The van der Waals surface area contributed by atoms with Crippen molar-refractivity contribution in [3.8, 4) is 0 Å². The number of nitrogens with zero attached hydrogens (tertiary/aromatic N) is 3. The van der Waals surface area contributed by atoms with Crippen molar-refractivity contribution < 1.29 is 4.79 Å². The number of hydrogen-bond acceptors (Lipinski definition) is 3. The molecule has 3 rings (SSSR count). The van der Waals surface area contributed by atoms with Gasteiger partial charge in [0, 0.05) is 12.7 Å². The Bertz CT molecular complexity index is 917. The topological polar surface area (TPSA) is 71.8 Å². The summed E-state index contributed by atoms with van der Waals surface area (Å²) in [4.78, 5) is 12.7. The lowest BCUT2D eigenvalue weighted by atomic mass is 10.1. The molecule has 134 valence electrons. The Morgan fingerprint density at radius 3 is 2.42 bits per heavy atom. The van der Waals surface area contributed by atoms with Crippen molar-refractivity contribution in [3.63, 3.8) is 0 Å². The number of aromatic nitrogens is 3. The first-order valence-electron chi connectivity index (χ1n) is 8.51. The van der Waals surface area contributed by atoms with E-state index >= 15 is 0 Å². The third-order valence-electron chi connectivity index (χ3n) is 4.43. The molecule has 6 nitrogen and oxygen atoms in total. The Labute approximate surface area is 153 Å². The van der Waals surface area contributed by atoms with Gasteiger partial charge in [-0.2, -0.15) is 0 Å². The second-order valence-electron chi connectivity index (χ2n) is 6.42. The molecule has 0 aliphatic carbocycles. The first-order chi connectivity index (χ1) is 12.5. The standard InChI is InChI=1S/C20H23N5O/c1-13-10-11-14(2)17(12-13)21-20(26)22-18(16-8-6-5-7-9-16)19-24-23-15(3)25(19)4/h5-12,18H,1-4H3,(H2,21,22,26). The van der Waals surface area contributed by atoms with Crippen LogP contribution in [0.2, 0.25) is 0 Å². The van der Waals surface area contributed by atoms with Gasteiger partial charge in [0.15, 0.2) is 5.82 Å². The van der Waals surface area contributed by atoms with Crippen LogP contribution in [0.4, 0.5) is 10.5 Å². The van der Waals surface area contributed by atoms with Crippen LogP contribution in [0.3, 0.4) is 0 Å². The predicted octanol–water partition coefficient (Wildman–Crippen LogP) is 3.65. The van der Waals surface area contributed by atoms with E-state index in [1.807, 2.05) is 80.9 Å². The van der Waals surface area contributed by atoms with Crippen LogP contribution in [0.15, 0.2) is 48.5 Å². The van der Waals surface area contributed by atoms with Crippen LogP contribution in [0.25, 0.3) is 0 Å². The van der Waals surface area contributed by atoms with Crippen molar-refractivity contribution in [1.82, 2.24) is 20.1 Å². The predicted molar refractivity (Wildman–Crippen MR) is 102 cm³/mol. The summed E-state index contributed by atoms with van der Waals surface area (Å²) in [6.07, 6.45) is 0. The van der Waals surface area contributed by atoms with Crippen molar-refractivity contribution in [2.24, 2.45) is 7.05 Å². The van der Waals surface area contributed by atoms with E-state index in [4.69, 9.17) is 0 Å². The highest BCUT2D eigenvalue weighted by Crippen LogP contribution is 2.21. The summed E-state index contributed by atoms with van der Waals surface area (Å²) in [7, 11) is 1.89. The van der Waals surface area contributed by atoms with E-state index in [2.05, 4.69) is 20.8 Å². The van der Waals surface area contributed by atoms with Crippen molar-refractivity contribution >= 4 is 11.7 Å². The van der Waals surface area contributed by atoms with Crippen molar-refractivity contribution in [1.29, 1.82) is 0 Å². The minimum absolute atomic E-state index is 0.284. The van der Waals surface area contributed by atoms with E-state index in [0.717, 1.165) is 28.2 Å². The molecular weight excluding hydrogens is 326 g/mol. The highest BCUT2D eigenvalue weighted by molar-refractivity contribution is 5.90. The highest BCUT2D eigenvalue weighted by Gasteiger charge is 2.22. The number of carbonyl (C=O) groups excluding carboxylic acids is 1. The van der Waals surface area contributed by atoms with Crippen LogP contribution in [0.5, 0.6) is 0 Å². The second-order valence-corrected chi connectivity index (χ2v) is 6.42. The summed E-state index contributed by atoms with van der Waals surface area (Å²) in [6, 6.07) is 15.0. The van der Waals surface area contributed by atoms with Crippen LogP contribution >= 0.6 is 0 Å². The molecule has 1 unspecified atom stereocenters. The van der Waals surface area contributed by atoms with E-state index < -0.39 is 6.04 Å². The normalized spacial score (nSPS) is 11.8. The molecular formula is C20H23N5O. The quantitative estimate of drug-likeness (QED) is 0.755. The fraction of sp³-hybridized carbons (Fsp3) is 0.250. The van der Waals surface area contributed by atoms with Crippen molar-refractivity contribution in [2.75, 3.05) is 5.32 Å². The number of nitrogens with one attached hydrogen (secondary N) is 2. The van der Waals surface area contributed by atoms with Gasteiger partial charge in [-0.05, 0) is 43.5 Å². The Morgan fingerprint density at radius 1 is 1.04 bits per heavy atom. The molecule has 0 saturated heterocycles. The maximum absolute atomic E-state index is 12.7. The molecule has 2 N–H and O–H groups in total. The zero-order valence-corrected chi connectivity index (χ0v) is 15.4. The molecule has 0 aliphatic heterocycles. The minimum Gasteiger partial charge on any atom is -0.324 e. The van der Waals surface area contributed by atoms with Gasteiger partial charge in [-0.15, -0.1) is 10.2 Å². The first kappa shape index (κ1) is 17.7. The molecule has 2 amide bonds. The number of amides is 2. The Balaban J connectivity index is 1.87. The Morgan fingerprint density at radius 2 is 1.77 bits per heavy atom. The second kappa shape index (κ2) is 7.39. The number of urea groups is 1. The average molecular weight is 349 g/mol. The molecule has 0 spiro atoms. The SMILES string of the molecule is Cc1ccc(C)c(NC(=O)NC(c2ccccc2)c2nnc(C)n2C)c1. The number of rotatable bonds is 4. The van der Waals surface area contributed by atoms with Gasteiger partial charge >= 0.3 is 6.03 Å². The maximum Gasteiger partial charge on any atom is 0.320 e. The zero-order valence-electron chi connectivity index (χ0n) is 15.4. The monoisotopic (exact) mass is 349 g/mol. The lowest BCUT2D eigenvalue weighted by Crippen LogP contribution is -2.34. The highest BCUT2D eigenvalue weighted by atomic mass is 16.2. The summed E-state index contributed by atoms with van der Waals surface area (Å²) in [5, 5.41) is 14.3. The fourth-order valence-electron chi connectivity index (χ4n) is 2.78. The van der Waals surface area contributed by atoms with Crippen LogP contribution in [-0.4, -0.2) is 20.8 Å². The third-order valence-corrected chi connectivity index (χ3v) is 4.43. The van der Waals surface area contributed by atoms with Gasteiger partial charge < -0.3 is 15.2 Å². The summed E-state index contributed by atoms with van der Waals surface area (Å²) in [6.45, 7) is 5.85. The van der Waals surface area contributed by atoms with Gasteiger partial charge in [0.1, 0.15) is 11.9 Å². The molecule has 1 heterocycles. The smallest absolute Gasteiger partial charge is 0.320 e. The molecule has 0 fully saturated rings. The Hall–Kier alpha value is -3.15. The van der Waals surface area contributed by atoms with Crippen LogP contribution in [0, 0.1) is 20.8 Å². The zero-order chi connectivity index (χ0) is 18.7. The van der Waals surface area contributed by atoms with E-state index in [-0.39, 0.29) is 6.03 Å². The number of aryl methyl sites for hydroxylation is 3. The Kier molecular flexibility index (Phi) is 5.02. The fourth-order valence-corrected chi connectivity index (χ4v) is 2.78. The van der Waals surface area contributed by atoms with Gasteiger partial charge in [0.05, 0.1) is 0 Å². The van der Waals surface area contributed by atoms with Gasteiger partial charge in [0.25, 0.3) is 0 Å². The van der Waals surface area contributed by atoms with Crippen molar-refractivity contribution in [2.45, 2.75) is 26.8 Å². The number of hydrogen-bond donors (Lipinski definition) is 2. The number of carbonyl (C=O) groups is 1. The molecule has 0 radical (unpaired) electrons. The molecule has 0 saturated carbocycles. The summed E-state index contributed by atoms with van der Waals surface area (Å²) < 4.78 is 1.88. The van der Waals surface area contributed by atoms with Crippen LogP contribution < -0.4 is 10.6 Å². The first-order valence-corrected chi connectivity index (χ1v) is 8.51. The van der Waals surface area contributed by atoms with Gasteiger partial charge in [-0.1, -0.05) is 42.5 Å². The largest absolute Gasteiger partial charge is 0.324 e. The molecule has 6 heteroatoms. The maximum atomic E-state index is 12.7. The lowest BCUT2D eigenvalue weighted by molar-refractivity contribution is 0.249. The lowest BCUT2D eigenvalue weighted by Gasteiger charge is -2.19. The molecule has 1 atom stereocenters. The van der Waals surface area contributed by atoms with E-state index in [9.17, 15) is 4.79 Å². The van der Waals surface area contributed by atoms with E-state index in [0.29, 0.717) is 5.82 Å². The average Bonchev–Trinajstić information content (AvgIpc) is 2.96. The molecule has 2 aromatic carbocycles. The van der Waals surface area contributed by atoms with Gasteiger partial charge in [-0.25, -0.2) is 4.79 Å². The number of benzene rings is 2. The number of anilines is 1.